The number of H-pyrrole nitrogens is 1. The minimum Gasteiger partial charge on any atom is -0.460 e. The van der Waals surface area contributed by atoms with Crippen molar-refractivity contribution in [1.82, 2.24) is 19.4 Å². The van der Waals surface area contributed by atoms with Gasteiger partial charge in [0, 0.05) is 73.4 Å². The van der Waals surface area contributed by atoms with Crippen LogP contribution >= 0.6 is 0 Å². The molecule has 57 heavy (non-hydrogen) atoms. The Bertz CT molecular complexity index is 2300. The first-order valence-electron chi connectivity index (χ1n) is 20.2. The third-order valence-electron chi connectivity index (χ3n) is 11.0. The summed E-state index contributed by atoms with van der Waals surface area (Å²) in [6.45, 7) is 6.43. The van der Waals surface area contributed by atoms with Crippen LogP contribution in [0.2, 0.25) is 0 Å². The number of hydrogen-bond donors (Lipinski definition) is 1. The topological polar surface area (TPSA) is 135 Å². The smallest absolute Gasteiger partial charge is 0.306 e. The third-order valence-corrected chi connectivity index (χ3v) is 12.5. The van der Waals surface area contributed by atoms with Gasteiger partial charge in [0.05, 0.1) is 23.7 Å². The van der Waals surface area contributed by atoms with Gasteiger partial charge in [-0.3, -0.25) is 14.4 Å². The molecular weight excluding hydrogens is 753 g/mol. The van der Waals surface area contributed by atoms with Crippen LogP contribution in [-0.2, 0) is 33.0 Å². The van der Waals surface area contributed by atoms with Crippen molar-refractivity contribution in [2.45, 2.75) is 122 Å². The van der Waals surface area contributed by atoms with E-state index >= 15 is 4.39 Å². The lowest BCUT2D eigenvalue weighted by Gasteiger charge is -2.27. The summed E-state index contributed by atoms with van der Waals surface area (Å²) in [6, 6.07) is 4.08. The van der Waals surface area contributed by atoms with Crippen molar-refractivity contribution >= 4 is 44.1 Å². The molecule has 11 nitrogen and oxygen atoms in total. The van der Waals surface area contributed by atoms with Crippen LogP contribution in [0.5, 0.6) is 0 Å². The Morgan fingerprint density at radius 1 is 0.930 bits per heavy atom. The van der Waals surface area contributed by atoms with Crippen LogP contribution in [-0.4, -0.2) is 64.7 Å². The van der Waals surface area contributed by atoms with Crippen LogP contribution < -0.4 is 10.5 Å². The SMILES string of the molecule is Cn1cc2c3c(c[nH]c3c1=O)CN(c1ncc(F)cc1F)c1cc3c(cc1-2)C(S(C)(=O)=O)CCN(CCCCCCCCCCCCCC(=O)OC(C)(C)C)C3=O. The molecule has 0 aliphatic carbocycles. The van der Waals surface area contributed by atoms with Crippen LogP contribution in [0.25, 0.3) is 22.0 Å². The van der Waals surface area contributed by atoms with Gasteiger partial charge in [0.2, 0.25) is 0 Å². The van der Waals surface area contributed by atoms with Crippen molar-refractivity contribution in [1.29, 1.82) is 0 Å². The Kier molecular flexibility index (Phi) is 12.9. The van der Waals surface area contributed by atoms with Crippen LogP contribution in [0.1, 0.15) is 131 Å². The summed E-state index contributed by atoms with van der Waals surface area (Å²) in [5, 5.41) is -0.364. The molecule has 1 amide bonds. The largest absolute Gasteiger partial charge is 0.460 e. The van der Waals surface area contributed by atoms with E-state index in [1.807, 2.05) is 20.8 Å². The Morgan fingerprint density at radius 3 is 2.21 bits per heavy atom. The zero-order valence-corrected chi connectivity index (χ0v) is 34.6. The monoisotopic (exact) mass is 807 g/mol. The number of anilines is 2. The number of aromatic nitrogens is 3. The highest BCUT2D eigenvalue weighted by molar-refractivity contribution is 7.90. The first-order valence-corrected chi connectivity index (χ1v) is 22.2. The number of amides is 1. The fourth-order valence-corrected chi connectivity index (χ4v) is 9.41. The number of unbranched alkanes of at least 4 members (excludes halogenated alkanes) is 10. The molecule has 2 aliphatic heterocycles. The number of carbonyl (C=O) groups is 2. The molecular formula is C43H55F2N5O6S. The van der Waals surface area contributed by atoms with Crippen molar-refractivity contribution in [2.75, 3.05) is 24.2 Å². The van der Waals surface area contributed by atoms with Gasteiger partial charge in [0.15, 0.2) is 21.5 Å². The lowest BCUT2D eigenvalue weighted by molar-refractivity contribution is -0.154. The van der Waals surface area contributed by atoms with Crippen molar-refractivity contribution in [3.05, 3.63) is 75.5 Å². The number of pyridine rings is 2. The second-order valence-corrected chi connectivity index (χ2v) is 18.9. The minimum absolute atomic E-state index is 0.0464. The first kappa shape index (κ1) is 42.0. The highest BCUT2D eigenvalue weighted by Gasteiger charge is 2.37. The molecule has 5 heterocycles. The Morgan fingerprint density at radius 2 is 1.58 bits per heavy atom. The van der Waals surface area contributed by atoms with E-state index in [9.17, 15) is 27.2 Å². The van der Waals surface area contributed by atoms with Crippen LogP contribution in [0.15, 0.2) is 41.6 Å². The van der Waals surface area contributed by atoms with Gasteiger partial charge in [-0.05, 0) is 63.3 Å². The molecule has 14 heteroatoms. The van der Waals surface area contributed by atoms with Crippen LogP contribution in [0, 0.1) is 11.6 Å². The Labute approximate surface area is 333 Å². The molecule has 0 fully saturated rings. The average molecular weight is 808 g/mol. The number of ether oxygens (including phenoxy) is 1. The lowest BCUT2D eigenvalue weighted by atomic mass is 9.93. The number of fused-ring (bicyclic) bond motifs is 3. The predicted molar refractivity (Wildman–Crippen MR) is 218 cm³/mol. The van der Waals surface area contributed by atoms with Crippen molar-refractivity contribution in [3.8, 4) is 11.1 Å². The van der Waals surface area contributed by atoms with Gasteiger partial charge in [-0.15, -0.1) is 0 Å². The van der Waals surface area contributed by atoms with E-state index in [1.54, 1.807) is 41.4 Å². The number of nitrogens with zero attached hydrogens (tertiary/aromatic N) is 4. The molecule has 0 saturated carbocycles. The van der Waals surface area contributed by atoms with E-state index in [0.717, 1.165) is 76.5 Å². The highest BCUT2D eigenvalue weighted by atomic mass is 32.2. The number of benzene rings is 1. The molecule has 0 radical (unpaired) electrons. The van der Waals surface area contributed by atoms with E-state index in [-0.39, 0.29) is 48.3 Å². The molecule has 1 unspecified atom stereocenters. The van der Waals surface area contributed by atoms with Gasteiger partial charge in [-0.25, -0.2) is 22.2 Å². The molecule has 308 valence electrons. The predicted octanol–water partition coefficient (Wildman–Crippen LogP) is 8.81. The number of sulfone groups is 1. The van der Waals surface area contributed by atoms with E-state index in [4.69, 9.17) is 4.74 Å². The maximum atomic E-state index is 15.5. The van der Waals surface area contributed by atoms with Crippen molar-refractivity contribution in [3.63, 3.8) is 0 Å². The number of hydrogen-bond acceptors (Lipinski definition) is 8. The molecule has 1 aromatic carbocycles. The molecule has 0 bridgehead atoms. The zero-order chi connectivity index (χ0) is 41.1. The van der Waals surface area contributed by atoms with Gasteiger partial charge in [-0.2, -0.15) is 0 Å². The lowest BCUT2D eigenvalue weighted by Crippen LogP contribution is -2.32. The maximum Gasteiger partial charge on any atom is 0.306 e. The second kappa shape index (κ2) is 17.5. The summed E-state index contributed by atoms with van der Waals surface area (Å²) in [5.74, 6) is -2.34. The summed E-state index contributed by atoms with van der Waals surface area (Å²) in [4.78, 5) is 49.9. The minimum atomic E-state index is -3.68. The highest BCUT2D eigenvalue weighted by Crippen LogP contribution is 2.47. The standard InChI is InChI=1S/C43H55F2N5O6S/c1-43(2,3)56-37(51)17-15-13-11-9-7-6-8-10-12-14-16-19-49-20-18-36(57(5,54)55)31-22-30-33-27-48(4)42(53)39-38(33)28(24-46-39)26-50(35(30)23-32(31)41(49)52)40-34(45)21-29(44)25-47-40/h21-25,27,36,46H,6-20,26H2,1-5H3. The molecule has 2 aliphatic rings. The fourth-order valence-electron chi connectivity index (χ4n) is 8.22. The summed E-state index contributed by atoms with van der Waals surface area (Å²) in [7, 11) is -2.06. The molecule has 0 saturated heterocycles. The maximum absolute atomic E-state index is 15.5. The number of nitrogens with one attached hydrogen (secondary N) is 1. The number of aryl methyl sites for hydroxylation is 1. The van der Waals surface area contributed by atoms with Gasteiger partial charge >= 0.3 is 5.97 Å². The second-order valence-electron chi connectivity index (χ2n) is 16.6. The number of esters is 1. The first-order chi connectivity index (χ1) is 27.0. The number of rotatable bonds is 16. The third kappa shape index (κ3) is 9.76. The van der Waals surface area contributed by atoms with E-state index in [0.29, 0.717) is 51.8 Å². The van der Waals surface area contributed by atoms with E-state index in [1.165, 1.54) is 17.2 Å². The molecule has 4 aromatic rings. The van der Waals surface area contributed by atoms with E-state index < -0.39 is 32.3 Å². The normalized spacial score (nSPS) is 15.7. The summed E-state index contributed by atoms with van der Waals surface area (Å²) in [6.07, 6.45) is 17.6. The van der Waals surface area contributed by atoms with Crippen LogP contribution in [0.3, 0.4) is 0 Å². The van der Waals surface area contributed by atoms with Crippen LogP contribution in [0.4, 0.5) is 20.3 Å². The Balaban J connectivity index is 1.14. The number of aromatic amines is 1. The van der Waals surface area contributed by atoms with Gasteiger partial charge < -0.3 is 24.1 Å². The van der Waals surface area contributed by atoms with E-state index in [2.05, 4.69) is 9.97 Å². The molecule has 1 atom stereocenters. The number of halogens is 2. The quantitative estimate of drug-likeness (QED) is 0.0877. The van der Waals surface area contributed by atoms with Gasteiger partial charge in [0.25, 0.3) is 11.5 Å². The average Bonchev–Trinajstić information content (AvgIpc) is 3.43. The molecule has 1 N–H and O–H groups in total. The molecule has 6 rings (SSSR count). The van der Waals surface area contributed by atoms with Crippen molar-refractivity contribution < 1.29 is 31.5 Å². The van der Waals surface area contributed by atoms with Gasteiger partial charge in [-0.1, -0.05) is 57.8 Å². The Hall–Kier alpha value is -4.59. The summed E-state index contributed by atoms with van der Waals surface area (Å²) >= 11 is 0. The van der Waals surface area contributed by atoms with Crippen molar-refractivity contribution in [2.24, 2.45) is 7.05 Å². The zero-order valence-electron chi connectivity index (χ0n) is 33.8. The fraction of sp³-hybridized carbons (Fsp3) is 0.535. The molecule has 0 spiro atoms. The number of carbonyl (C=O) groups excluding carboxylic acids is 2. The molecule has 3 aromatic heterocycles. The summed E-state index contributed by atoms with van der Waals surface area (Å²) < 4.78 is 63.2. The summed E-state index contributed by atoms with van der Waals surface area (Å²) in [5.41, 5.74) is 2.39. The van der Waals surface area contributed by atoms with Gasteiger partial charge in [0.1, 0.15) is 16.9 Å².